The van der Waals surface area contributed by atoms with E-state index >= 15 is 0 Å². The van der Waals surface area contributed by atoms with Gasteiger partial charge in [-0.05, 0) is 36.4 Å². The largest absolute Gasteiger partial charge is 0.367 e. The summed E-state index contributed by atoms with van der Waals surface area (Å²) < 4.78 is 26.7. The summed E-state index contributed by atoms with van der Waals surface area (Å²) in [6.45, 7) is 0.616. The van der Waals surface area contributed by atoms with E-state index in [4.69, 9.17) is 0 Å². The van der Waals surface area contributed by atoms with Crippen molar-refractivity contribution < 1.29 is 8.42 Å². The fourth-order valence-electron chi connectivity index (χ4n) is 2.14. The maximum Gasteiger partial charge on any atom is 0.240 e. The monoisotopic (exact) mass is 370 g/mol. The molecular weight excluding hydrogens is 352 g/mol. The summed E-state index contributed by atoms with van der Waals surface area (Å²) >= 11 is 0. The molecule has 0 aliphatic rings. The standard InChI is InChI=1S/C17H18N6O2S/c24-26(25,15-6-2-1-3-7-15)20-12-11-19-16-8-9-17(23-22-16)21-14-5-4-10-18-13-14/h1-10,13,20H,11-12H2,(H,19,22)(H,21,23). The number of rotatable bonds is 8. The minimum Gasteiger partial charge on any atom is -0.367 e. The van der Waals surface area contributed by atoms with Crippen LogP contribution < -0.4 is 15.4 Å². The van der Waals surface area contributed by atoms with E-state index < -0.39 is 10.0 Å². The molecule has 0 spiro atoms. The molecule has 26 heavy (non-hydrogen) atoms. The Balaban J connectivity index is 1.47. The molecule has 0 bridgehead atoms. The second-order valence-electron chi connectivity index (χ2n) is 5.31. The third-order valence-corrected chi connectivity index (χ3v) is 4.85. The number of aromatic nitrogens is 3. The smallest absolute Gasteiger partial charge is 0.240 e. The summed E-state index contributed by atoms with van der Waals surface area (Å²) in [4.78, 5) is 4.25. The summed E-state index contributed by atoms with van der Waals surface area (Å²) in [5.41, 5.74) is 0.817. The summed E-state index contributed by atoms with van der Waals surface area (Å²) in [7, 11) is -3.50. The molecule has 0 amide bonds. The van der Waals surface area contributed by atoms with E-state index in [1.807, 2.05) is 12.1 Å². The van der Waals surface area contributed by atoms with Crippen LogP contribution in [0.5, 0.6) is 0 Å². The van der Waals surface area contributed by atoms with Crippen molar-refractivity contribution in [1.29, 1.82) is 0 Å². The zero-order chi connectivity index (χ0) is 18.2. The molecule has 8 nitrogen and oxygen atoms in total. The molecule has 0 unspecified atom stereocenters. The Morgan fingerprint density at radius 1 is 0.846 bits per heavy atom. The lowest BCUT2D eigenvalue weighted by Gasteiger charge is -2.09. The van der Waals surface area contributed by atoms with Crippen LogP contribution in [0.25, 0.3) is 0 Å². The fraction of sp³-hybridized carbons (Fsp3) is 0.118. The summed E-state index contributed by atoms with van der Waals surface area (Å²) in [6.07, 6.45) is 3.38. The number of nitrogens with one attached hydrogen (secondary N) is 3. The maximum atomic E-state index is 12.1. The van der Waals surface area contributed by atoms with Gasteiger partial charge in [0.25, 0.3) is 0 Å². The van der Waals surface area contributed by atoms with Crippen LogP contribution in [0.2, 0.25) is 0 Å². The van der Waals surface area contributed by atoms with Crippen molar-refractivity contribution in [2.24, 2.45) is 0 Å². The highest BCUT2D eigenvalue weighted by atomic mass is 32.2. The van der Waals surface area contributed by atoms with Gasteiger partial charge in [0.05, 0.1) is 16.8 Å². The Bertz CT molecular complexity index is 918. The van der Waals surface area contributed by atoms with Crippen LogP contribution in [0, 0.1) is 0 Å². The van der Waals surface area contributed by atoms with Crippen LogP contribution in [0.3, 0.4) is 0 Å². The predicted molar refractivity (Wildman–Crippen MR) is 99.7 cm³/mol. The van der Waals surface area contributed by atoms with Crippen LogP contribution >= 0.6 is 0 Å². The Labute approximate surface area is 151 Å². The van der Waals surface area contributed by atoms with Gasteiger partial charge in [0, 0.05) is 19.3 Å². The van der Waals surface area contributed by atoms with Crippen LogP contribution in [0.4, 0.5) is 17.3 Å². The van der Waals surface area contributed by atoms with Gasteiger partial charge in [0.2, 0.25) is 10.0 Å². The maximum absolute atomic E-state index is 12.1. The molecule has 2 aromatic heterocycles. The molecule has 0 radical (unpaired) electrons. The highest BCUT2D eigenvalue weighted by molar-refractivity contribution is 7.89. The number of nitrogens with zero attached hydrogens (tertiary/aromatic N) is 3. The van der Waals surface area contributed by atoms with E-state index in [2.05, 4.69) is 30.5 Å². The number of benzene rings is 1. The molecule has 1 aromatic carbocycles. The third kappa shape index (κ3) is 4.98. The van der Waals surface area contributed by atoms with E-state index in [1.54, 1.807) is 54.9 Å². The van der Waals surface area contributed by atoms with Crippen LogP contribution in [0.1, 0.15) is 0 Å². The Hall–Kier alpha value is -3.04. The van der Waals surface area contributed by atoms with Gasteiger partial charge in [-0.2, -0.15) is 0 Å². The molecule has 0 saturated carbocycles. The molecule has 134 valence electrons. The van der Waals surface area contributed by atoms with Gasteiger partial charge >= 0.3 is 0 Å². The Morgan fingerprint density at radius 2 is 1.62 bits per heavy atom. The average molecular weight is 370 g/mol. The molecule has 0 atom stereocenters. The first kappa shape index (κ1) is 17.8. The number of hydrogen-bond acceptors (Lipinski definition) is 7. The van der Waals surface area contributed by atoms with Gasteiger partial charge in [-0.15, -0.1) is 10.2 Å². The van der Waals surface area contributed by atoms with Crippen LogP contribution in [-0.4, -0.2) is 36.7 Å². The number of pyridine rings is 1. The first-order valence-corrected chi connectivity index (χ1v) is 9.41. The summed E-state index contributed by atoms with van der Waals surface area (Å²) in [5, 5.41) is 14.2. The van der Waals surface area contributed by atoms with Gasteiger partial charge in [-0.1, -0.05) is 18.2 Å². The van der Waals surface area contributed by atoms with E-state index in [0.29, 0.717) is 18.2 Å². The lowest BCUT2D eigenvalue weighted by molar-refractivity contribution is 0.583. The van der Waals surface area contributed by atoms with Gasteiger partial charge in [0.1, 0.15) is 5.82 Å². The molecule has 0 fully saturated rings. The van der Waals surface area contributed by atoms with Crippen molar-refractivity contribution in [1.82, 2.24) is 19.9 Å². The SMILES string of the molecule is O=S(=O)(NCCNc1ccc(Nc2cccnc2)nn1)c1ccccc1. The highest BCUT2D eigenvalue weighted by Crippen LogP contribution is 2.13. The molecule has 3 N–H and O–H groups in total. The van der Waals surface area contributed by atoms with Crippen molar-refractivity contribution >= 4 is 27.3 Å². The van der Waals surface area contributed by atoms with Crippen molar-refractivity contribution in [3.8, 4) is 0 Å². The van der Waals surface area contributed by atoms with E-state index in [0.717, 1.165) is 5.69 Å². The van der Waals surface area contributed by atoms with Crippen LogP contribution in [0.15, 0.2) is 71.9 Å². The minimum atomic E-state index is -3.50. The molecule has 3 rings (SSSR count). The lowest BCUT2D eigenvalue weighted by Crippen LogP contribution is -2.29. The van der Waals surface area contributed by atoms with E-state index in [9.17, 15) is 8.42 Å². The number of anilines is 3. The summed E-state index contributed by atoms with van der Waals surface area (Å²) in [6, 6.07) is 15.5. The van der Waals surface area contributed by atoms with Gasteiger partial charge in [0.15, 0.2) is 5.82 Å². The van der Waals surface area contributed by atoms with E-state index in [-0.39, 0.29) is 11.4 Å². The van der Waals surface area contributed by atoms with Crippen molar-refractivity contribution in [3.63, 3.8) is 0 Å². The second kappa shape index (κ2) is 8.37. The molecule has 9 heteroatoms. The first-order chi connectivity index (χ1) is 12.6. The van der Waals surface area contributed by atoms with Crippen molar-refractivity contribution in [2.45, 2.75) is 4.90 Å². The van der Waals surface area contributed by atoms with Crippen molar-refractivity contribution in [2.75, 3.05) is 23.7 Å². The summed E-state index contributed by atoms with van der Waals surface area (Å²) in [5.74, 6) is 1.15. The zero-order valence-electron chi connectivity index (χ0n) is 13.8. The van der Waals surface area contributed by atoms with Crippen molar-refractivity contribution in [3.05, 3.63) is 67.0 Å². The molecule has 0 saturated heterocycles. The predicted octanol–water partition coefficient (Wildman–Crippen LogP) is 2.01. The minimum absolute atomic E-state index is 0.231. The number of sulfonamides is 1. The zero-order valence-corrected chi connectivity index (χ0v) is 14.6. The van der Waals surface area contributed by atoms with Crippen LogP contribution in [-0.2, 0) is 10.0 Å². The van der Waals surface area contributed by atoms with E-state index in [1.165, 1.54) is 0 Å². The second-order valence-corrected chi connectivity index (χ2v) is 7.08. The first-order valence-electron chi connectivity index (χ1n) is 7.93. The molecule has 3 aromatic rings. The topological polar surface area (TPSA) is 109 Å². The normalized spacial score (nSPS) is 11.1. The molecule has 2 heterocycles. The average Bonchev–Trinajstić information content (AvgIpc) is 2.68. The lowest BCUT2D eigenvalue weighted by atomic mass is 10.4. The van der Waals surface area contributed by atoms with Gasteiger partial charge < -0.3 is 10.6 Å². The van der Waals surface area contributed by atoms with Gasteiger partial charge in [-0.25, -0.2) is 13.1 Å². The molecular formula is C17H18N6O2S. The number of hydrogen-bond donors (Lipinski definition) is 3. The Morgan fingerprint density at radius 3 is 2.31 bits per heavy atom. The Kier molecular flexibility index (Phi) is 5.72. The highest BCUT2D eigenvalue weighted by Gasteiger charge is 2.11. The fourth-order valence-corrected chi connectivity index (χ4v) is 3.19. The third-order valence-electron chi connectivity index (χ3n) is 3.38. The van der Waals surface area contributed by atoms with Gasteiger partial charge in [-0.3, -0.25) is 4.98 Å². The quantitative estimate of drug-likeness (QED) is 0.520. The molecule has 0 aliphatic carbocycles. The molecule has 0 aliphatic heterocycles.